The van der Waals surface area contributed by atoms with Crippen LogP contribution in [0.25, 0.3) is 0 Å². The monoisotopic (exact) mass is 264 g/mol. The Morgan fingerprint density at radius 2 is 1.79 bits per heavy atom. The Kier molecular flexibility index (Phi) is 3.94. The normalized spacial score (nSPS) is 24.0. The zero-order valence-electron chi connectivity index (χ0n) is 12.5. The molecule has 1 aromatic rings. The number of nitrogen functional groups attached to an aromatic ring is 1. The van der Waals surface area contributed by atoms with Gasteiger partial charge in [-0.25, -0.2) is 9.97 Å². The van der Waals surface area contributed by atoms with Crippen LogP contribution in [0.4, 0.5) is 11.6 Å². The highest BCUT2D eigenvalue weighted by atomic mass is 16.5. The van der Waals surface area contributed by atoms with E-state index >= 15 is 0 Å². The third-order valence-corrected chi connectivity index (χ3v) is 3.41. The average molecular weight is 264 g/mol. The van der Waals surface area contributed by atoms with E-state index in [4.69, 9.17) is 15.5 Å². The van der Waals surface area contributed by atoms with Crippen molar-refractivity contribution in [2.75, 3.05) is 23.7 Å². The maximum atomic E-state index is 6.03. The van der Waals surface area contributed by atoms with E-state index in [9.17, 15) is 0 Å². The molecule has 2 atom stereocenters. The van der Waals surface area contributed by atoms with Gasteiger partial charge in [0.05, 0.1) is 12.2 Å². The Morgan fingerprint density at radius 1 is 1.21 bits per heavy atom. The fourth-order valence-electron chi connectivity index (χ4n) is 2.46. The maximum absolute atomic E-state index is 6.03. The van der Waals surface area contributed by atoms with Gasteiger partial charge in [-0.05, 0) is 20.8 Å². The van der Waals surface area contributed by atoms with Crippen LogP contribution in [0.15, 0.2) is 0 Å². The van der Waals surface area contributed by atoms with Crippen LogP contribution in [0.1, 0.15) is 45.0 Å². The molecule has 0 unspecified atom stereocenters. The van der Waals surface area contributed by atoms with Crippen LogP contribution in [0.2, 0.25) is 0 Å². The van der Waals surface area contributed by atoms with Gasteiger partial charge < -0.3 is 15.4 Å². The van der Waals surface area contributed by atoms with Crippen molar-refractivity contribution in [2.45, 2.75) is 52.7 Å². The summed E-state index contributed by atoms with van der Waals surface area (Å²) in [7, 11) is 0. The molecule has 0 radical (unpaired) electrons. The summed E-state index contributed by atoms with van der Waals surface area (Å²) in [5.41, 5.74) is 6.99. The van der Waals surface area contributed by atoms with Crippen LogP contribution in [-0.2, 0) is 4.74 Å². The Hall–Kier alpha value is -1.36. The fourth-order valence-corrected chi connectivity index (χ4v) is 2.46. The summed E-state index contributed by atoms with van der Waals surface area (Å²) < 4.78 is 5.77. The maximum Gasteiger partial charge on any atom is 0.137 e. The van der Waals surface area contributed by atoms with Gasteiger partial charge in [0.2, 0.25) is 0 Å². The summed E-state index contributed by atoms with van der Waals surface area (Å²) in [6, 6.07) is 0. The van der Waals surface area contributed by atoms with Crippen molar-refractivity contribution in [3.63, 3.8) is 0 Å². The fraction of sp³-hybridized carbons (Fsp3) is 0.714. The van der Waals surface area contributed by atoms with Gasteiger partial charge in [0, 0.05) is 24.6 Å². The first-order valence-corrected chi connectivity index (χ1v) is 6.93. The summed E-state index contributed by atoms with van der Waals surface area (Å²) in [6.07, 6.45) is 0.420. The summed E-state index contributed by atoms with van der Waals surface area (Å²) in [5, 5.41) is 0. The molecule has 106 valence electrons. The number of rotatable bonds is 2. The van der Waals surface area contributed by atoms with E-state index in [0.717, 1.165) is 30.3 Å². The van der Waals surface area contributed by atoms with Gasteiger partial charge in [0.1, 0.15) is 17.5 Å². The Balaban J connectivity index is 2.37. The number of nitrogens with zero attached hydrogens (tertiary/aromatic N) is 3. The molecule has 0 bridgehead atoms. The minimum absolute atomic E-state index is 0.210. The molecule has 0 spiro atoms. The second kappa shape index (κ2) is 5.33. The number of hydrogen-bond acceptors (Lipinski definition) is 5. The predicted molar refractivity (Wildman–Crippen MR) is 77.5 cm³/mol. The molecule has 2 heterocycles. The first kappa shape index (κ1) is 14.1. The van der Waals surface area contributed by atoms with Crippen molar-refractivity contribution >= 4 is 11.6 Å². The van der Waals surface area contributed by atoms with Gasteiger partial charge in [-0.3, -0.25) is 0 Å². The van der Waals surface area contributed by atoms with Crippen LogP contribution in [0.5, 0.6) is 0 Å². The van der Waals surface area contributed by atoms with E-state index in [1.54, 1.807) is 0 Å². The highest BCUT2D eigenvalue weighted by Crippen LogP contribution is 2.26. The van der Waals surface area contributed by atoms with E-state index in [0.29, 0.717) is 5.82 Å². The third kappa shape index (κ3) is 2.97. The van der Waals surface area contributed by atoms with Crippen LogP contribution >= 0.6 is 0 Å². The summed E-state index contributed by atoms with van der Waals surface area (Å²) in [6.45, 7) is 12.0. The molecule has 1 aromatic heterocycles. The molecule has 0 aromatic carbocycles. The van der Waals surface area contributed by atoms with Gasteiger partial charge >= 0.3 is 0 Å². The van der Waals surface area contributed by atoms with Crippen LogP contribution in [0.3, 0.4) is 0 Å². The molecule has 5 nitrogen and oxygen atoms in total. The second-order valence-electron chi connectivity index (χ2n) is 5.73. The van der Waals surface area contributed by atoms with Crippen LogP contribution in [-0.4, -0.2) is 35.3 Å². The zero-order valence-corrected chi connectivity index (χ0v) is 12.5. The molecule has 1 aliphatic heterocycles. The number of anilines is 2. The van der Waals surface area contributed by atoms with Crippen molar-refractivity contribution in [3.05, 3.63) is 11.4 Å². The second-order valence-corrected chi connectivity index (χ2v) is 5.73. The minimum Gasteiger partial charge on any atom is -0.383 e. The average Bonchev–Trinajstić information content (AvgIpc) is 2.30. The van der Waals surface area contributed by atoms with Crippen molar-refractivity contribution in [3.8, 4) is 0 Å². The van der Waals surface area contributed by atoms with Gasteiger partial charge in [-0.1, -0.05) is 13.8 Å². The molecule has 0 amide bonds. The highest BCUT2D eigenvalue weighted by Gasteiger charge is 2.25. The summed E-state index contributed by atoms with van der Waals surface area (Å²) >= 11 is 0. The highest BCUT2D eigenvalue weighted by molar-refractivity contribution is 5.57. The largest absolute Gasteiger partial charge is 0.383 e. The molecule has 0 saturated carbocycles. The van der Waals surface area contributed by atoms with E-state index in [-0.39, 0.29) is 18.1 Å². The molecule has 2 N–H and O–H groups in total. The van der Waals surface area contributed by atoms with Crippen molar-refractivity contribution in [2.24, 2.45) is 0 Å². The van der Waals surface area contributed by atoms with Crippen LogP contribution < -0.4 is 10.6 Å². The van der Waals surface area contributed by atoms with E-state index < -0.39 is 0 Å². The van der Waals surface area contributed by atoms with E-state index in [1.165, 1.54) is 0 Å². The molecule has 5 heteroatoms. The Bertz CT molecular complexity index is 451. The van der Waals surface area contributed by atoms with E-state index in [2.05, 4.69) is 37.6 Å². The van der Waals surface area contributed by atoms with Gasteiger partial charge in [0.15, 0.2) is 0 Å². The predicted octanol–water partition coefficient (Wildman–Crippen LogP) is 2.10. The summed E-state index contributed by atoms with van der Waals surface area (Å²) in [4.78, 5) is 11.3. The van der Waals surface area contributed by atoms with Crippen molar-refractivity contribution < 1.29 is 4.74 Å². The summed E-state index contributed by atoms with van der Waals surface area (Å²) in [5.74, 6) is 2.63. The standard InChI is InChI=1S/C14H24N4O/c1-8(2)13-16-12(15)11(5)14(17-13)18-6-9(3)19-10(4)7-18/h8-10H,6-7H2,1-5H3,(H2,15,16,17)/t9-,10+. The lowest BCUT2D eigenvalue weighted by Crippen LogP contribution is -2.46. The molecular formula is C14H24N4O. The van der Waals surface area contributed by atoms with Gasteiger partial charge in [0.25, 0.3) is 0 Å². The van der Waals surface area contributed by atoms with Crippen LogP contribution in [0, 0.1) is 6.92 Å². The number of aromatic nitrogens is 2. The Labute approximate surface area is 115 Å². The smallest absolute Gasteiger partial charge is 0.137 e. The first-order valence-electron chi connectivity index (χ1n) is 6.93. The van der Waals surface area contributed by atoms with Crippen molar-refractivity contribution in [1.29, 1.82) is 0 Å². The molecule has 0 aliphatic carbocycles. The zero-order chi connectivity index (χ0) is 14.2. The van der Waals surface area contributed by atoms with E-state index in [1.807, 2.05) is 6.92 Å². The topological polar surface area (TPSA) is 64.3 Å². The van der Waals surface area contributed by atoms with Gasteiger partial charge in [-0.2, -0.15) is 0 Å². The number of nitrogens with two attached hydrogens (primary N) is 1. The SMILES string of the molecule is Cc1c(N)nc(C(C)C)nc1N1C[C@@H](C)O[C@@H](C)C1. The minimum atomic E-state index is 0.210. The van der Waals surface area contributed by atoms with Crippen molar-refractivity contribution in [1.82, 2.24) is 9.97 Å². The lowest BCUT2D eigenvalue weighted by Gasteiger charge is -2.37. The molecule has 1 fully saturated rings. The number of hydrogen-bond donors (Lipinski definition) is 1. The quantitative estimate of drug-likeness (QED) is 0.886. The molecular weight excluding hydrogens is 240 g/mol. The number of morpholine rings is 1. The number of ether oxygens (including phenoxy) is 1. The molecule has 1 aliphatic rings. The first-order chi connectivity index (χ1) is 8.88. The van der Waals surface area contributed by atoms with Gasteiger partial charge in [-0.15, -0.1) is 0 Å². The molecule has 2 rings (SSSR count). The molecule has 19 heavy (non-hydrogen) atoms. The lowest BCUT2D eigenvalue weighted by atomic mass is 10.1. The Morgan fingerprint density at radius 3 is 2.32 bits per heavy atom. The third-order valence-electron chi connectivity index (χ3n) is 3.41. The lowest BCUT2D eigenvalue weighted by molar-refractivity contribution is -0.00550. The molecule has 1 saturated heterocycles.